The molecule has 0 aliphatic carbocycles. The first-order valence-corrected chi connectivity index (χ1v) is 6.33. The van der Waals surface area contributed by atoms with Gasteiger partial charge in [-0.05, 0) is 31.4 Å². The first kappa shape index (κ1) is 13.0. The number of aryl methyl sites for hydroxylation is 2. The number of hydrogen-bond acceptors (Lipinski definition) is 3. The smallest absolute Gasteiger partial charge is 0.162 e. The molecule has 4 heteroatoms. The summed E-state index contributed by atoms with van der Waals surface area (Å²) in [5.74, 6) is 0.967. The number of aromatic nitrogens is 3. The van der Waals surface area contributed by atoms with E-state index in [9.17, 15) is 0 Å². The largest absolute Gasteiger partial charge is 0.264 e. The van der Waals surface area contributed by atoms with Crippen LogP contribution in [-0.2, 0) is 0 Å². The number of pyridine rings is 1. The lowest BCUT2D eigenvalue weighted by atomic mass is 10.0. The van der Waals surface area contributed by atoms with Crippen molar-refractivity contribution in [1.82, 2.24) is 15.0 Å². The fraction of sp³-hybridized carbons (Fsp3) is 0.357. The Bertz CT molecular complexity index is 556. The number of rotatable bonds is 2. The van der Waals surface area contributed by atoms with Gasteiger partial charge in [0.1, 0.15) is 5.15 Å². The number of hydrogen-bond donors (Lipinski definition) is 0. The summed E-state index contributed by atoms with van der Waals surface area (Å²) in [6, 6.07) is 1.94. The van der Waals surface area contributed by atoms with E-state index in [1.54, 1.807) is 12.4 Å². The second kappa shape index (κ2) is 5.02. The van der Waals surface area contributed by atoms with Crippen LogP contribution in [0.5, 0.6) is 0 Å². The summed E-state index contributed by atoms with van der Waals surface area (Å²) in [6.45, 7) is 8.16. The molecule has 0 radical (unpaired) electrons. The number of halogens is 1. The van der Waals surface area contributed by atoms with Crippen molar-refractivity contribution < 1.29 is 0 Å². The molecule has 0 aliphatic heterocycles. The summed E-state index contributed by atoms with van der Waals surface area (Å²) >= 11 is 6.26. The highest BCUT2D eigenvalue weighted by Gasteiger charge is 2.14. The lowest BCUT2D eigenvalue weighted by Crippen LogP contribution is -2.02. The van der Waals surface area contributed by atoms with Crippen LogP contribution in [0.1, 0.15) is 36.6 Å². The van der Waals surface area contributed by atoms with Crippen LogP contribution in [0.2, 0.25) is 5.15 Å². The molecule has 3 nitrogen and oxygen atoms in total. The zero-order valence-electron chi connectivity index (χ0n) is 11.0. The first-order chi connectivity index (χ1) is 8.50. The molecule has 18 heavy (non-hydrogen) atoms. The molecule has 0 aliphatic rings. The summed E-state index contributed by atoms with van der Waals surface area (Å²) in [5.41, 5.74) is 3.97. The standard InChI is InChI=1S/C14H16ClN3/c1-8(2)12-10(4)17-14(18-13(12)15)11-7-16-6-5-9(11)3/h5-8H,1-4H3. The molecule has 0 saturated carbocycles. The molecule has 2 heterocycles. The average Bonchev–Trinajstić information content (AvgIpc) is 2.27. The third kappa shape index (κ3) is 2.36. The summed E-state index contributed by atoms with van der Waals surface area (Å²) in [4.78, 5) is 13.1. The third-order valence-electron chi connectivity index (χ3n) is 2.95. The van der Waals surface area contributed by atoms with Crippen molar-refractivity contribution >= 4 is 11.6 Å². The highest BCUT2D eigenvalue weighted by molar-refractivity contribution is 6.30. The molecular weight excluding hydrogens is 246 g/mol. The van der Waals surface area contributed by atoms with Crippen molar-refractivity contribution in [3.63, 3.8) is 0 Å². The van der Waals surface area contributed by atoms with Gasteiger partial charge < -0.3 is 0 Å². The SMILES string of the molecule is Cc1ccncc1-c1nc(C)c(C(C)C)c(Cl)n1. The van der Waals surface area contributed by atoms with E-state index in [2.05, 4.69) is 28.8 Å². The fourth-order valence-electron chi connectivity index (χ4n) is 2.02. The van der Waals surface area contributed by atoms with E-state index in [0.717, 1.165) is 22.4 Å². The van der Waals surface area contributed by atoms with Gasteiger partial charge in [0.15, 0.2) is 5.82 Å². The van der Waals surface area contributed by atoms with Gasteiger partial charge in [0.25, 0.3) is 0 Å². The molecule has 0 bridgehead atoms. The number of nitrogens with zero attached hydrogens (tertiary/aromatic N) is 3. The van der Waals surface area contributed by atoms with Gasteiger partial charge >= 0.3 is 0 Å². The molecule has 0 N–H and O–H groups in total. The Balaban J connectivity index is 2.59. The topological polar surface area (TPSA) is 38.7 Å². The molecule has 2 aromatic rings. The van der Waals surface area contributed by atoms with Gasteiger partial charge in [0.05, 0.1) is 0 Å². The van der Waals surface area contributed by atoms with E-state index in [1.807, 2.05) is 19.9 Å². The summed E-state index contributed by atoms with van der Waals surface area (Å²) in [5, 5.41) is 0.538. The molecule has 2 rings (SSSR count). The van der Waals surface area contributed by atoms with E-state index < -0.39 is 0 Å². The predicted molar refractivity (Wildman–Crippen MR) is 73.8 cm³/mol. The maximum absolute atomic E-state index is 6.26. The quantitative estimate of drug-likeness (QED) is 0.769. The van der Waals surface area contributed by atoms with E-state index in [-0.39, 0.29) is 0 Å². The van der Waals surface area contributed by atoms with Crippen molar-refractivity contribution in [2.45, 2.75) is 33.6 Å². The molecule has 0 atom stereocenters. The Labute approximate surface area is 112 Å². The van der Waals surface area contributed by atoms with Crippen LogP contribution in [0.3, 0.4) is 0 Å². The zero-order valence-corrected chi connectivity index (χ0v) is 11.8. The van der Waals surface area contributed by atoms with Crippen LogP contribution in [0.4, 0.5) is 0 Å². The molecule has 0 amide bonds. The van der Waals surface area contributed by atoms with Crippen molar-refractivity contribution in [2.24, 2.45) is 0 Å². The van der Waals surface area contributed by atoms with Crippen molar-refractivity contribution in [1.29, 1.82) is 0 Å². The van der Waals surface area contributed by atoms with Crippen LogP contribution in [0.25, 0.3) is 11.4 Å². The Hall–Kier alpha value is -1.48. The normalized spacial score (nSPS) is 11.0. The molecule has 2 aromatic heterocycles. The highest BCUT2D eigenvalue weighted by atomic mass is 35.5. The van der Waals surface area contributed by atoms with Crippen LogP contribution < -0.4 is 0 Å². The van der Waals surface area contributed by atoms with Crippen molar-refractivity contribution in [3.8, 4) is 11.4 Å². The van der Waals surface area contributed by atoms with E-state index >= 15 is 0 Å². The predicted octanol–water partition coefficient (Wildman–Crippen LogP) is 3.93. The van der Waals surface area contributed by atoms with E-state index in [1.165, 1.54) is 0 Å². The van der Waals surface area contributed by atoms with Gasteiger partial charge in [0.2, 0.25) is 0 Å². The van der Waals surface area contributed by atoms with Crippen molar-refractivity contribution in [3.05, 3.63) is 40.4 Å². The van der Waals surface area contributed by atoms with Crippen LogP contribution in [-0.4, -0.2) is 15.0 Å². The van der Waals surface area contributed by atoms with Crippen LogP contribution >= 0.6 is 11.6 Å². The van der Waals surface area contributed by atoms with E-state index in [4.69, 9.17) is 11.6 Å². The minimum Gasteiger partial charge on any atom is -0.264 e. The molecule has 0 aromatic carbocycles. The summed E-state index contributed by atoms with van der Waals surface area (Å²) < 4.78 is 0. The Morgan fingerprint density at radius 1 is 1.17 bits per heavy atom. The molecule has 0 spiro atoms. The second-order valence-electron chi connectivity index (χ2n) is 4.68. The summed E-state index contributed by atoms with van der Waals surface area (Å²) in [6.07, 6.45) is 3.53. The molecule has 94 valence electrons. The summed E-state index contributed by atoms with van der Waals surface area (Å²) in [7, 11) is 0. The molecular formula is C14H16ClN3. The lowest BCUT2D eigenvalue weighted by Gasteiger charge is -2.12. The third-order valence-corrected chi connectivity index (χ3v) is 3.24. The maximum Gasteiger partial charge on any atom is 0.162 e. The molecule has 0 fully saturated rings. The zero-order chi connectivity index (χ0) is 13.3. The Morgan fingerprint density at radius 3 is 2.44 bits per heavy atom. The maximum atomic E-state index is 6.26. The fourth-order valence-corrected chi connectivity index (χ4v) is 2.46. The first-order valence-electron chi connectivity index (χ1n) is 5.95. The minimum atomic E-state index is 0.321. The van der Waals surface area contributed by atoms with Gasteiger partial charge in [0, 0.05) is 29.2 Å². The van der Waals surface area contributed by atoms with E-state index in [0.29, 0.717) is 16.9 Å². The average molecular weight is 262 g/mol. The Kier molecular flexibility index (Phi) is 3.62. The van der Waals surface area contributed by atoms with Crippen LogP contribution in [0, 0.1) is 13.8 Å². The second-order valence-corrected chi connectivity index (χ2v) is 5.04. The van der Waals surface area contributed by atoms with Gasteiger partial charge in [-0.3, -0.25) is 4.98 Å². The van der Waals surface area contributed by atoms with Crippen LogP contribution in [0.15, 0.2) is 18.5 Å². The Morgan fingerprint density at radius 2 is 1.89 bits per heavy atom. The monoisotopic (exact) mass is 261 g/mol. The van der Waals surface area contributed by atoms with Crippen molar-refractivity contribution in [2.75, 3.05) is 0 Å². The highest BCUT2D eigenvalue weighted by Crippen LogP contribution is 2.28. The van der Waals surface area contributed by atoms with Gasteiger partial charge in [-0.15, -0.1) is 0 Å². The molecule has 0 saturated heterocycles. The van der Waals surface area contributed by atoms with Gasteiger partial charge in [-0.1, -0.05) is 25.4 Å². The van der Waals surface area contributed by atoms with Gasteiger partial charge in [-0.2, -0.15) is 0 Å². The van der Waals surface area contributed by atoms with Gasteiger partial charge in [-0.25, -0.2) is 9.97 Å². The minimum absolute atomic E-state index is 0.321. The lowest BCUT2D eigenvalue weighted by molar-refractivity contribution is 0.831. The molecule has 0 unspecified atom stereocenters.